The summed E-state index contributed by atoms with van der Waals surface area (Å²) in [6, 6.07) is 2.24. The van der Waals surface area contributed by atoms with Crippen molar-refractivity contribution in [3.63, 3.8) is 0 Å². The largest absolute Gasteiger partial charge is 0.448 e. The third-order valence-electron chi connectivity index (χ3n) is 5.36. The van der Waals surface area contributed by atoms with Gasteiger partial charge in [-0.05, 0) is 42.2 Å². The zero-order chi connectivity index (χ0) is 19.0. The molecule has 1 unspecified atom stereocenters. The highest BCUT2D eigenvalue weighted by molar-refractivity contribution is 7.99. The fourth-order valence-electron chi connectivity index (χ4n) is 3.61. The molecule has 1 aliphatic heterocycles. The van der Waals surface area contributed by atoms with Crippen molar-refractivity contribution in [3.8, 4) is 10.8 Å². The van der Waals surface area contributed by atoms with Gasteiger partial charge in [-0.15, -0.1) is 21.5 Å². The zero-order valence-electron chi connectivity index (χ0n) is 16.0. The molecule has 2 aromatic rings. The van der Waals surface area contributed by atoms with E-state index in [1.165, 1.54) is 28.6 Å². The Morgan fingerprint density at radius 3 is 2.96 bits per heavy atom. The normalized spacial score (nSPS) is 20.0. The number of nitrogens with zero attached hydrogens (tertiary/aromatic N) is 3. The van der Waals surface area contributed by atoms with Gasteiger partial charge in [-0.2, -0.15) is 0 Å². The lowest BCUT2D eigenvalue weighted by Crippen LogP contribution is -2.26. The van der Waals surface area contributed by atoms with Crippen LogP contribution in [-0.2, 0) is 17.6 Å². The van der Waals surface area contributed by atoms with Crippen LogP contribution >= 0.6 is 23.1 Å². The van der Waals surface area contributed by atoms with E-state index in [9.17, 15) is 4.79 Å². The van der Waals surface area contributed by atoms with E-state index in [2.05, 4.69) is 37.0 Å². The molecule has 27 heavy (non-hydrogen) atoms. The number of rotatable bonds is 5. The number of thiophene rings is 1. The van der Waals surface area contributed by atoms with Crippen molar-refractivity contribution in [2.45, 2.75) is 45.3 Å². The molecule has 4 rings (SSSR count). The van der Waals surface area contributed by atoms with Gasteiger partial charge >= 0.3 is 6.09 Å². The Morgan fingerprint density at radius 2 is 2.22 bits per heavy atom. The number of carbonyl (C=O) groups excluding carboxylic acids is 1. The van der Waals surface area contributed by atoms with Crippen LogP contribution in [0, 0.1) is 11.3 Å². The Bertz CT molecular complexity index is 825. The van der Waals surface area contributed by atoms with Gasteiger partial charge in [0.1, 0.15) is 6.61 Å². The summed E-state index contributed by atoms with van der Waals surface area (Å²) in [5.41, 5.74) is 1.79. The summed E-state index contributed by atoms with van der Waals surface area (Å²) in [7, 11) is 0. The molecule has 0 aromatic carbocycles. The predicted octanol–water partition coefficient (Wildman–Crippen LogP) is 4.49. The van der Waals surface area contributed by atoms with E-state index in [4.69, 9.17) is 9.15 Å². The minimum absolute atomic E-state index is 0.237. The van der Waals surface area contributed by atoms with Gasteiger partial charge in [0.2, 0.25) is 0 Å². The molecule has 1 saturated heterocycles. The Hall–Kier alpha value is -1.54. The smallest absolute Gasteiger partial charge is 0.409 e. The first kappa shape index (κ1) is 18.8. The van der Waals surface area contributed by atoms with Crippen molar-refractivity contribution in [3.05, 3.63) is 16.5 Å². The summed E-state index contributed by atoms with van der Waals surface area (Å²) in [6.07, 6.45) is 3.29. The second-order valence-electron chi connectivity index (χ2n) is 8.19. The number of aryl methyl sites for hydroxylation is 1. The molecule has 1 amide bonds. The van der Waals surface area contributed by atoms with Gasteiger partial charge in [-0.1, -0.05) is 32.5 Å². The first-order valence-corrected chi connectivity index (χ1v) is 11.2. The summed E-state index contributed by atoms with van der Waals surface area (Å²) < 4.78 is 10.8. The Morgan fingerprint density at radius 1 is 1.37 bits per heavy atom. The second-order valence-corrected chi connectivity index (χ2v) is 10.4. The molecule has 1 fully saturated rings. The highest BCUT2D eigenvalue weighted by atomic mass is 32.2. The first-order chi connectivity index (χ1) is 12.9. The van der Waals surface area contributed by atoms with Crippen LogP contribution in [0.2, 0.25) is 0 Å². The molecule has 8 heteroatoms. The van der Waals surface area contributed by atoms with Gasteiger partial charge in [0.05, 0.1) is 11.4 Å². The average Bonchev–Trinajstić information content (AvgIpc) is 3.33. The molecule has 2 aromatic heterocycles. The number of fused-ring (bicyclic) bond motifs is 1. The lowest BCUT2D eigenvalue weighted by atomic mass is 9.72. The molecule has 6 nitrogen and oxygen atoms in total. The molecule has 3 heterocycles. The van der Waals surface area contributed by atoms with Crippen LogP contribution < -0.4 is 0 Å². The van der Waals surface area contributed by atoms with Gasteiger partial charge in [0.15, 0.2) is 0 Å². The summed E-state index contributed by atoms with van der Waals surface area (Å²) in [4.78, 5) is 15.7. The van der Waals surface area contributed by atoms with Crippen LogP contribution in [0.1, 0.15) is 37.6 Å². The third-order valence-corrected chi connectivity index (χ3v) is 7.38. The second kappa shape index (κ2) is 7.47. The van der Waals surface area contributed by atoms with E-state index in [0.717, 1.165) is 23.6 Å². The van der Waals surface area contributed by atoms with E-state index in [0.29, 0.717) is 42.0 Å². The van der Waals surface area contributed by atoms with Crippen LogP contribution in [0.3, 0.4) is 0 Å². The van der Waals surface area contributed by atoms with Crippen molar-refractivity contribution in [1.29, 1.82) is 0 Å². The minimum Gasteiger partial charge on any atom is -0.448 e. The van der Waals surface area contributed by atoms with Crippen molar-refractivity contribution in [1.82, 2.24) is 15.1 Å². The Labute approximate surface area is 167 Å². The van der Waals surface area contributed by atoms with E-state index >= 15 is 0 Å². The van der Waals surface area contributed by atoms with E-state index in [1.54, 1.807) is 16.2 Å². The summed E-state index contributed by atoms with van der Waals surface area (Å²) in [5.74, 6) is 2.04. The van der Waals surface area contributed by atoms with Crippen molar-refractivity contribution in [2.75, 3.05) is 25.4 Å². The minimum atomic E-state index is -0.237. The molecule has 2 aliphatic rings. The number of amides is 1. The molecular weight excluding hydrogens is 382 g/mol. The number of thioether (sulfide) groups is 1. The lowest BCUT2D eigenvalue weighted by molar-refractivity contribution is 0.160. The number of hydrogen-bond acceptors (Lipinski definition) is 7. The highest BCUT2D eigenvalue weighted by Crippen LogP contribution is 2.42. The van der Waals surface area contributed by atoms with Gasteiger partial charge in [0, 0.05) is 17.2 Å². The summed E-state index contributed by atoms with van der Waals surface area (Å²) in [5, 5.41) is 8.94. The quantitative estimate of drug-likeness (QED) is 0.680. The molecule has 0 spiro atoms. The summed E-state index contributed by atoms with van der Waals surface area (Å²) >= 11 is 3.26. The van der Waals surface area contributed by atoms with Crippen molar-refractivity contribution < 1.29 is 13.9 Å². The first-order valence-electron chi connectivity index (χ1n) is 9.40. The fraction of sp³-hybridized carbons (Fsp3) is 0.632. The van der Waals surface area contributed by atoms with Gasteiger partial charge in [0.25, 0.3) is 11.1 Å². The number of aromatic nitrogens is 2. The maximum Gasteiger partial charge on any atom is 0.409 e. The van der Waals surface area contributed by atoms with Crippen LogP contribution in [0.4, 0.5) is 4.79 Å². The monoisotopic (exact) mass is 407 g/mol. The molecule has 0 radical (unpaired) electrons. The zero-order valence-corrected chi connectivity index (χ0v) is 17.6. The number of cyclic esters (lactones) is 1. The van der Waals surface area contributed by atoms with E-state index < -0.39 is 0 Å². The molecule has 1 atom stereocenters. The molecule has 1 aliphatic carbocycles. The lowest BCUT2D eigenvalue weighted by Gasteiger charge is -2.33. The predicted molar refractivity (Wildman–Crippen MR) is 106 cm³/mol. The maximum atomic E-state index is 11.4. The molecule has 0 saturated carbocycles. The van der Waals surface area contributed by atoms with Crippen LogP contribution in [-0.4, -0.2) is 46.6 Å². The number of carbonyl (C=O) groups is 1. The fourth-order valence-corrected chi connectivity index (χ4v) is 5.46. The van der Waals surface area contributed by atoms with E-state index in [1.807, 2.05) is 0 Å². The highest BCUT2D eigenvalue weighted by Gasteiger charge is 2.30. The standard InChI is InChI=1S/C19H25N3O3S2/c1-19(2,3)13-4-5-14-12(10-13)11-15(27-14)16-20-21-17(25-16)26-9-7-22-6-8-24-18(22)23/h11,13H,4-10H2,1-3H3. The Balaban J connectivity index is 1.38. The van der Waals surface area contributed by atoms with Gasteiger partial charge in [-0.25, -0.2) is 4.79 Å². The van der Waals surface area contributed by atoms with Crippen LogP contribution in [0.15, 0.2) is 15.7 Å². The molecule has 146 valence electrons. The van der Waals surface area contributed by atoms with Crippen molar-refractivity contribution in [2.24, 2.45) is 11.3 Å². The topological polar surface area (TPSA) is 68.5 Å². The van der Waals surface area contributed by atoms with E-state index in [-0.39, 0.29) is 6.09 Å². The van der Waals surface area contributed by atoms with Crippen LogP contribution in [0.5, 0.6) is 0 Å². The molecule has 0 bridgehead atoms. The van der Waals surface area contributed by atoms with Crippen LogP contribution in [0.25, 0.3) is 10.8 Å². The Kier molecular flexibility index (Phi) is 5.20. The van der Waals surface area contributed by atoms with Crippen molar-refractivity contribution >= 4 is 29.2 Å². The molecule has 0 N–H and O–H groups in total. The van der Waals surface area contributed by atoms with Gasteiger partial charge < -0.3 is 14.1 Å². The SMILES string of the molecule is CC(C)(C)C1CCc2sc(-c3nnc(SCCN4CCOC4=O)o3)cc2C1. The number of ether oxygens (including phenoxy) is 1. The average molecular weight is 408 g/mol. The number of hydrogen-bond donors (Lipinski definition) is 0. The van der Waals surface area contributed by atoms with Gasteiger partial charge in [-0.3, -0.25) is 0 Å². The third kappa shape index (κ3) is 4.16. The molecular formula is C19H25N3O3S2. The maximum absolute atomic E-state index is 11.4. The summed E-state index contributed by atoms with van der Waals surface area (Å²) in [6.45, 7) is 8.76.